The highest BCUT2D eigenvalue weighted by Crippen LogP contribution is 2.08. The number of nitrogens with one attached hydrogen (secondary N) is 1. The first-order chi connectivity index (χ1) is 8.88. The van der Waals surface area contributed by atoms with E-state index >= 15 is 0 Å². The van der Waals surface area contributed by atoms with E-state index in [0.29, 0.717) is 0 Å². The average molecular weight is 246 g/mol. The van der Waals surface area contributed by atoms with Gasteiger partial charge in [0.1, 0.15) is 0 Å². The lowest BCUT2D eigenvalue weighted by molar-refractivity contribution is 0.254. The Bertz CT molecular complexity index is 375. The van der Waals surface area contributed by atoms with Gasteiger partial charge in [0.05, 0.1) is 18.5 Å². The summed E-state index contributed by atoms with van der Waals surface area (Å²) in [5.74, 6) is 1.07. The molecule has 3 nitrogen and oxygen atoms in total. The molecule has 0 bridgehead atoms. The van der Waals surface area contributed by atoms with Gasteiger partial charge < -0.3 is 10.4 Å². The molecular weight excluding hydrogens is 224 g/mol. The van der Waals surface area contributed by atoms with E-state index in [-0.39, 0.29) is 12.6 Å². The molecule has 2 N–H and O–H groups in total. The van der Waals surface area contributed by atoms with Gasteiger partial charge in [0.25, 0.3) is 0 Å². The van der Waals surface area contributed by atoms with Crippen LogP contribution in [0.2, 0.25) is 0 Å². The molecule has 0 aromatic heterocycles. The quantitative estimate of drug-likeness (QED) is 0.855. The van der Waals surface area contributed by atoms with Crippen molar-refractivity contribution >= 4 is 5.84 Å². The van der Waals surface area contributed by atoms with Crippen LogP contribution in [0.25, 0.3) is 0 Å². The van der Waals surface area contributed by atoms with Crippen molar-refractivity contribution in [1.82, 2.24) is 5.32 Å². The van der Waals surface area contributed by atoms with Crippen LogP contribution in [0.15, 0.2) is 35.3 Å². The van der Waals surface area contributed by atoms with Crippen molar-refractivity contribution in [3.05, 3.63) is 35.9 Å². The molecule has 1 aliphatic rings. The molecule has 18 heavy (non-hydrogen) atoms. The Morgan fingerprint density at radius 1 is 1.17 bits per heavy atom. The molecule has 1 unspecified atom stereocenters. The fraction of sp³-hybridized carbons (Fsp3) is 0.533. The van der Waals surface area contributed by atoms with Gasteiger partial charge in [0.2, 0.25) is 0 Å². The number of aliphatic imine (C=N–C) groups is 1. The Kier molecular flexibility index (Phi) is 5.21. The first kappa shape index (κ1) is 13.1. The molecule has 0 spiro atoms. The molecule has 0 saturated carbocycles. The van der Waals surface area contributed by atoms with Gasteiger partial charge in [0.15, 0.2) is 0 Å². The third-order valence-corrected chi connectivity index (χ3v) is 3.29. The van der Waals surface area contributed by atoms with Gasteiger partial charge in [0, 0.05) is 13.0 Å². The minimum atomic E-state index is 0.0734. The van der Waals surface area contributed by atoms with Crippen LogP contribution in [-0.2, 0) is 6.42 Å². The topological polar surface area (TPSA) is 44.6 Å². The van der Waals surface area contributed by atoms with Gasteiger partial charge in [-0.1, -0.05) is 36.8 Å². The molecule has 0 fully saturated rings. The van der Waals surface area contributed by atoms with E-state index in [1.54, 1.807) is 0 Å². The third-order valence-electron chi connectivity index (χ3n) is 3.29. The van der Waals surface area contributed by atoms with Crippen LogP contribution in [0.1, 0.15) is 31.2 Å². The Labute approximate surface area is 109 Å². The maximum atomic E-state index is 9.47. The first-order valence-electron chi connectivity index (χ1n) is 6.83. The Balaban J connectivity index is 1.90. The molecule has 98 valence electrons. The second-order valence-corrected chi connectivity index (χ2v) is 4.85. The summed E-state index contributed by atoms with van der Waals surface area (Å²) >= 11 is 0. The van der Waals surface area contributed by atoms with Crippen LogP contribution in [0, 0.1) is 0 Å². The Morgan fingerprint density at radius 3 is 2.78 bits per heavy atom. The standard InChI is InChI=1S/C15H22N2O/c18-12-14(11-13-7-3-1-4-8-13)17-15-9-5-2-6-10-16-15/h1,3-4,7-8,14,18H,2,5-6,9-12H2,(H,16,17). The molecule has 1 heterocycles. The summed E-state index contributed by atoms with van der Waals surface area (Å²) in [4.78, 5) is 4.55. The second-order valence-electron chi connectivity index (χ2n) is 4.85. The smallest absolute Gasteiger partial charge is 0.0966 e. The molecule has 3 heteroatoms. The maximum absolute atomic E-state index is 9.47. The second kappa shape index (κ2) is 7.17. The molecule has 1 aliphatic heterocycles. The van der Waals surface area contributed by atoms with Crippen LogP contribution in [0.4, 0.5) is 0 Å². The summed E-state index contributed by atoms with van der Waals surface area (Å²) in [6, 6.07) is 10.3. The number of amidine groups is 1. The minimum absolute atomic E-state index is 0.0734. The average Bonchev–Trinajstić information content (AvgIpc) is 2.68. The molecule has 2 rings (SSSR count). The SMILES string of the molecule is OCC(Cc1ccccc1)NC1=NCCCCC1. The first-order valence-corrected chi connectivity index (χ1v) is 6.83. The van der Waals surface area contributed by atoms with Crippen molar-refractivity contribution in [2.24, 2.45) is 4.99 Å². The molecule has 1 aromatic rings. The molecule has 0 saturated heterocycles. The zero-order valence-electron chi connectivity index (χ0n) is 10.8. The van der Waals surface area contributed by atoms with Crippen molar-refractivity contribution in [1.29, 1.82) is 0 Å². The van der Waals surface area contributed by atoms with E-state index in [0.717, 1.165) is 25.2 Å². The van der Waals surface area contributed by atoms with Gasteiger partial charge in [-0.05, 0) is 24.8 Å². The van der Waals surface area contributed by atoms with Crippen molar-refractivity contribution < 1.29 is 5.11 Å². The lowest BCUT2D eigenvalue weighted by atomic mass is 10.1. The molecule has 0 radical (unpaired) electrons. The van der Waals surface area contributed by atoms with Gasteiger partial charge >= 0.3 is 0 Å². The van der Waals surface area contributed by atoms with Crippen molar-refractivity contribution in [3.63, 3.8) is 0 Å². The van der Waals surface area contributed by atoms with Crippen LogP contribution in [-0.4, -0.2) is 30.1 Å². The fourth-order valence-corrected chi connectivity index (χ4v) is 2.29. The van der Waals surface area contributed by atoms with Crippen molar-refractivity contribution in [3.8, 4) is 0 Å². The molecule has 1 atom stereocenters. The Hall–Kier alpha value is -1.35. The summed E-state index contributed by atoms with van der Waals surface area (Å²) in [5.41, 5.74) is 1.25. The number of hydrogen-bond acceptors (Lipinski definition) is 3. The normalized spacial score (nSPS) is 17.7. The highest BCUT2D eigenvalue weighted by molar-refractivity contribution is 5.82. The van der Waals surface area contributed by atoms with E-state index in [1.165, 1.54) is 24.8 Å². The Morgan fingerprint density at radius 2 is 2.00 bits per heavy atom. The number of aliphatic hydroxyl groups is 1. The lowest BCUT2D eigenvalue weighted by Crippen LogP contribution is -2.39. The van der Waals surface area contributed by atoms with E-state index in [9.17, 15) is 5.11 Å². The predicted molar refractivity (Wildman–Crippen MR) is 74.9 cm³/mol. The highest BCUT2D eigenvalue weighted by atomic mass is 16.3. The summed E-state index contributed by atoms with van der Waals surface area (Å²) in [7, 11) is 0. The molecule has 0 aliphatic carbocycles. The van der Waals surface area contributed by atoms with E-state index in [4.69, 9.17) is 0 Å². The fourth-order valence-electron chi connectivity index (χ4n) is 2.29. The number of hydrogen-bond donors (Lipinski definition) is 2. The van der Waals surface area contributed by atoms with Gasteiger partial charge in [-0.3, -0.25) is 4.99 Å². The number of benzene rings is 1. The third kappa shape index (κ3) is 4.15. The summed E-state index contributed by atoms with van der Waals surface area (Å²) in [6.07, 6.45) is 5.52. The minimum Gasteiger partial charge on any atom is -0.394 e. The summed E-state index contributed by atoms with van der Waals surface area (Å²) < 4.78 is 0. The highest BCUT2D eigenvalue weighted by Gasteiger charge is 2.11. The van der Waals surface area contributed by atoms with E-state index in [1.807, 2.05) is 18.2 Å². The molecule has 0 amide bonds. The zero-order chi connectivity index (χ0) is 12.6. The van der Waals surface area contributed by atoms with Crippen LogP contribution >= 0.6 is 0 Å². The summed E-state index contributed by atoms with van der Waals surface area (Å²) in [5, 5.41) is 12.9. The predicted octanol–water partition coefficient (Wildman–Crippen LogP) is 2.15. The van der Waals surface area contributed by atoms with Crippen LogP contribution in [0.3, 0.4) is 0 Å². The zero-order valence-corrected chi connectivity index (χ0v) is 10.8. The van der Waals surface area contributed by atoms with Crippen molar-refractivity contribution in [2.45, 2.75) is 38.1 Å². The summed E-state index contributed by atoms with van der Waals surface area (Å²) in [6.45, 7) is 1.07. The number of aliphatic hydroxyl groups excluding tert-OH is 1. The van der Waals surface area contributed by atoms with Gasteiger partial charge in [-0.25, -0.2) is 0 Å². The van der Waals surface area contributed by atoms with Crippen LogP contribution < -0.4 is 5.32 Å². The molecule has 1 aromatic carbocycles. The van der Waals surface area contributed by atoms with Crippen LogP contribution in [0.5, 0.6) is 0 Å². The lowest BCUT2D eigenvalue weighted by Gasteiger charge is -2.18. The maximum Gasteiger partial charge on any atom is 0.0966 e. The number of rotatable bonds is 4. The number of nitrogens with zero attached hydrogens (tertiary/aromatic N) is 1. The van der Waals surface area contributed by atoms with E-state index < -0.39 is 0 Å². The van der Waals surface area contributed by atoms with Crippen molar-refractivity contribution in [2.75, 3.05) is 13.2 Å². The monoisotopic (exact) mass is 246 g/mol. The largest absolute Gasteiger partial charge is 0.394 e. The van der Waals surface area contributed by atoms with E-state index in [2.05, 4.69) is 22.4 Å². The van der Waals surface area contributed by atoms with Gasteiger partial charge in [-0.15, -0.1) is 0 Å². The van der Waals surface area contributed by atoms with Gasteiger partial charge in [-0.2, -0.15) is 0 Å². The molecular formula is C15H22N2O.